The molecule has 2 atom stereocenters. The average Bonchev–Trinajstić information content (AvgIpc) is 3.29. The summed E-state index contributed by atoms with van der Waals surface area (Å²) < 4.78 is 0. The van der Waals surface area contributed by atoms with E-state index in [1.807, 2.05) is 54.7 Å². The van der Waals surface area contributed by atoms with Gasteiger partial charge in [0.2, 0.25) is 5.91 Å². The summed E-state index contributed by atoms with van der Waals surface area (Å²) in [5, 5.41) is 6.40. The van der Waals surface area contributed by atoms with Gasteiger partial charge in [-0.2, -0.15) is 0 Å². The Kier molecular flexibility index (Phi) is 6.03. The van der Waals surface area contributed by atoms with Crippen LogP contribution in [-0.4, -0.2) is 28.5 Å². The molecule has 0 radical (unpaired) electrons. The first-order chi connectivity index (χ1) is 14.2. The Bertz CT molecular complexity index is 995. The smallest absolute Gasteiger partial charge is 0.238 e. The van der Waals surface area contributed by atoms with Crippen molar-refractivity contribution in [1.82, 2.24) is 15.6 Å². The zero-order valence-corrected chi connectivity index (χ0v) is 16.6. The second-order valence-corrected chi connectivity index (χ2v) is 7.97. The van der Waals surface area contributed by atoms with E-state index in [1.54, 1.807) is 36.2 Å². The van der Waals surface area contributed by atoms with Crippen LogP contribution in [0.15, 0.2) is 79.1 Å². The zero-order chi connectivity index (χ0) is 20.1. The first kappa shape index (κ1) is 19.4. The topological polar surface area (TPSA) is 71.1 Å². The lowest BCUT2D eigenvalue weighted by atomic mass is 10.0. The van der Waals surface area contributed by atoms with Crippen molar-refractivity contribution < 1.29 is 9.59 Å². The summed E-state index contributed by atoms with van der Waals surface area (Å²) in [6.07, 6.45) is 3.56. The van der Waals surface area contributed by atoms with E-state index in [0.29, 0.717) is 23.4 Å². The van der Waals surface area contributed by atoms with Crippen LogP contribution in [-0.2, 0) is 11.3 Å². The molecule has 0 bridgehead atoms. The molecule has 4 rings (SSSR count). The number of carbonyl (C=O) groups is 2. The summed E-state index contributed by atoms with van der Waals surface area (Å²) in [6, 6.07) is 20.2. The Morgan fingerprint density at radius 1 is 1.03 bits per heavy atom. The maximum Gasteiger partial charge on any atom is 0.238 e. The van der Waals surface area contributed by atoms with Crippen molar-refractivity contribution in [2.75, 3.05) is 5.75 Å². The largest absolute Gasteiger partial charge is 0.351 e. The molecule has 1 fully saturated rings. The highest BCUT2D eigenvalue weighted by Crippen LogP contribution is 2.32. The van der Waals surface area contributed by atoms with E-state index in [0.717, 1.165) is 11.1 Å². The molecular formula is C23H21N3O2S. The molecule has 1 aromatic heterocycles. The maximum absolute atomic E-state index is 12.6. The minimum atomic E-state index is -0.251. The number of hydrogen-bond donors (Lipinski definition) is 2. The monoisotopic (exact) mass is 403 g/mol. The fraction of sp³-hybridized carbons (Fsp3) is 0.174. The van der Waals surface area contributed by atoms with E-state index in [-0.39, 0.29) is 23.1 Å². The number of nitrogens with zero attached hydrogens (tertiary/aromatic N) is 1. The van der Waals surface area contributed by atoms with Crippen LogP contribution in [0.3, 0.4) is 0 Å². The van der Waals surface area contributed by atoms with Crippen LogP contribution in [0.5, 0.6) is 0 Å². The number of aromatic nitrogens is 1. The van der Waals surface area contributed by atoms with Crippen molar-refractivity contribution >= 4 is 23.5 Å². The molecule has 0 spiro atoms. The number of rotatable bonds is 6. The van der Waals surface area contributed by atoms with Gasteiger partial charge in [-0.05, 0) is 23.3 Å². The summed E-state index contributed by atoms with van der Waals surface area (Å²) in [7, 11) is 0. The van der Waals surface area contributed by atoms with Gasteiger partial charge in [-0.15, -0.1) is 11.8 Å². The SMILES string of the molecule is O=C(c1ccccc1)c1cccc(CNC(=O)C2CSC(c3cccnc3)N2)c1. The van der Waals surface area contributed by atoms with Crippen molar-refractivity contribution in [3.8, 4) is 0 Å². The van der Waals surface area contributed by atoms with Crippen molar-refractivity contribution in [3.05, 3.63) is 101 Å². The molecule has 2 heterocycles. The van der Waals surface area contributed by atoms with Gasteiger partial charge < -0.3 is 5.32 Å². The standard InChI is InChI=1S/C23H21N3O2S/c27-21(17-7-2-1-3-8-17)18-9-4-6-16(12-18)13-25-22(28)20-15-29-23(26-20)19-10-5-11-24-14-19/h1-12,14,20,23,26H,13,15H2,(H,25,28). The highest BCUT2D eigenvalue weighted by atomic mass is 32.2. The molecule has 3 aromatic rings. The van der Waals surface area contributed by atoms with Crippen LogP contribution in [0.4, 0.5) is 0 Å². The Labute approximate surface area is 173 Å². The normalized spacial score (nSPS) is 18.3. The molecule has 1 aliphatic heterocycles. The number of amides is 1. The van der Waals surface area contributed by atoms with E-state index in [4.69, 9.17) is 0 Å². The van der Waals surface area contributed by atoms with Gasteiger partial charge in [0.1, 0.15) is 0 Å². The van der Waals surface area contributed by atoms with E-state index in [1.165, 1.54) is 0 Å². The van der Waals surface area contributed by atoms with Gasteiger partial charge in [-0.1, -0.05) is 54.6 Å². The molecule has 1 saturated heterocycles. The number of pyridine rings is 1. The third-order valence-corrected chi connectivity index (χ3v) is 6.05. The highest BCUT2D eigenvalue weighted by molar-refractivity contribution is 7.99. The number of benzene rings is 2. The van der Waals surface area contributed by atoms with E-state index in [9.17, 15) is 9.59 Å². The van der Waals surface area contributed by atoms with Crippen molar-refractivity contribution in [3.63, 3.8) is 0 Å². The van der Waals surface area contributed by atoms with Gasteiger partial charge >= 0.3 is 0 Å². The lowest BCUT2D eigenvalue weighted by Crippen LogP contribution is -2.42. The summed E-state index contributed by atoms with van der Waals surface area (Å²) in [5.74, 6) is 0.647. The molecule has 0 saturated carbocycles. The Morgan fingerprint density at radius 2 is 1.86 bits per heavy atom. The molecule has 2 unspecified atom stereocenters. The van der Waals surface area contributed by atoms with Crippen LogP contribution in [0.2, 0.25) is 0 Å². The van der Waals surface area contributed by atoms with Gasteiger partial charge in [0, 0.05) is 35.8 Å². The number of carbonyl (C=O) groups excluding carboxylic acids is 2. The number of thioether (sulfide) groups is 1. The predicted molar refractivity (Wildman–Crippen MR) is 115 cm³/mol. The van der Waals surface area contributed by atoms with Crippen LogP contribution in [0, 0.1) is 0 Å². The molecular weight excluding hydrogens is 382 g/mol. The van der Waals surface area contributed by atoms with E-state index in [2.05, 4.69) is 15.6 Å². The third kappa shape index (κ3) is 4.72. The predicted octanol–water partition coefficient (Wildman–Crippen LogP) is 3.33. The molecule has 5 nitrogen and oxygen atoms in total. The first-order valence-corrected chi connectivity index (χ1v) is 10.5. The Balaban J connectivity index is 1.35. The second kappa shape index (κ2) is 9.03. The lowest BCUT2D eigenvalue weighted by molar-refractivity contribution is -0.122. The molecule has 0 aliphatic carbocycles. The summed E-state index contributed by atoms with van der Waals surface area (Å²) in [4.78, 5) is 29.3. The summed E-state index contributed by atoms with van der Waals surface area (Å²) >= 11 is 1.70. The quantitative estimate of drug-likeness (QED) is 0.618. The number of nitrogens with one attached hydrogen (secondary N) is 2. The maximum atomic E-state index is 12.6. The van der Waals surface area contributed by atoms with Gasteiger partial charge in [-0.25, -0.2) is 0 Å². The molecule has 2 aromatic carbocycles. The van der Waals surface area contributed by atoms with Crippen molar-refractivity contribution in [2.45, 2.75) is 18.0 Å². The van der Waals surface area contributed by atoms with E-state index < -0.39 is 0 Å². The minimum absolute atomic E-state index is 0.0213. The number of ketones is 1. The van der Waals surface area contributed by atoms with E-state index >= 15 is 0 Å². The fourth-order valence-corrected chi connectivity index (χ4v) is 4.46. The zero-order valence-electron chi connectivity index (χ0n) is 15.7. The van der Waals surface area contributed by atoms with Gasteiger partial charge in [0.05, 0.1) is 11.4 Å². The van der Waals surface area contributed by atoms with Crippen molar-refractivity contribution in [1.29, 1.82) is 0 Å². The first-order valence-electron chi connectivity index (χ1n) is 9.45. The van der Waals surface area contributed by atoms with Crippen LogP contribution in [0.25, 0.3) is 0 Å². The molecule has 29 heavy (non-hydrogen) atoms. The second-order valence-electron chi connectivity index (χ2n) is 6.83. The average molecular weight is 404 g/mol. The molecule has 1 amide bonds. The summed E-state index contributed by atoms with van der Waals surface area (Å²) in [6.45, 7) is 0.384. The fourth-order valence-electron chi connectivity index (χ4n) is 3.24. The number of hydrogen-bond acceptors (Lipinski definition) is 5. The Hall–Kier alpha value is -2.96. The lowest BCUT2D eigenvalue weighted by Gasteiger charge is -2.14. The minimum Gasteiger partial charge on any atom is -0.351 e. The van der Waals surface area contributed by atoms with Crippen molar-refractivity contribution in [2.24, 2.45) is 0 Å². The van der Waals surface area contributed by atoms with Crippen LogP contribution in [0.1, 0.15) is 32.4 Å². The third-order valence-electron chi connectivity index (χ3n) is 4.78. The molecule has 6 heteroatoms. The van der Waals surface area contributed by atoms with Gasteiger partial charge in [-0.3, -0.25) is 19.9 Å². The molecule has 2 N–H and O–H groups in total. The molecule has 1 aliphatic rings. The van der Waals surface area contributed by atoms with Crippen LogP contribution < -0.4 is 10.6 Å². The van der Waals surface area contributed by atoms with Crippen LogP contribution >= 0.6 is 11.8 Å². The van der Waals surface area contributed by atoms with Gasteiger partial charge in [0.25, 0.3) is 0 Å². The Morgan fingerprint density at radius 3 is 2.66 bits per heavy atom. The summed E-state index contributed by atoms with van der Waals surface area (Å²) in [5.41, 5.74) is 3.24. The van der Waals surface area contributed by atoms with Gasteiger partial charge in [0.15, 0.2) is 5.78 Å². The molecule has 146 valence electrons. The highest BCUT2D eigenvalue weighted by Gasteiger charge is 2.30.